The summed E-state index contributed by atoms with van der Waals surface area (Å²) in [7, 11) is 0. The molecule has 0 atom stereocenters. The topological polar surface area (TPSA) is 32.3 Å². The zero-order valence-corrected chi connectivity index (χ0v) is 18.8. The van der Waals surface area contributed by atoms with Crippen LogP contribution in [0.5, 0.6) is 0 Å². The van der Waals surface area contributed by atoms with Crippen LogP contribution >= 0.6 is 0 Å². The van der Waals surface area contributed by atoms with Crippen LogP contribution in [0.2, 0.25) is 0 Å². The van der Waals surface area contributed by atoms with Gasteiger partial charge in [0.05, 0.1) is 16.7 Å². The number of hydrogen-bond acceptors (Lipinski definition) is 2. The Labute approximate surface area is 191 Å². The summed E-state index contributed by atoms with van der Waals surface area (Å²) >= 11 is 0. The molecule has 0 unspecified atom stereocenters. The van der Waals surface area contributed by atoms with E-state index in [9.17, 15) is 39.9 Å². The van der Waals surface area contributed by atoms with Crippen molar-refractivity contribution in [3.63, 3.8) is 0 Å². The Bertz CT molecular complexity index is 1030. The highest BCUT2D eigenvalue weighted by Crippen LogP contribution is 2.34. The molecule has 188 valence electrons. The molecule has 0 heterocycles. The maximum Gasteiger partial charge on any atom is 0.419 e. The lowest BCUT2D eigenvalue weighted by Gasteiger charge is -2.42. The van der Waals surface area contributed by atoms with Gasteiger partial charge < -0.3 is 0 Å². The summed E-state index contributed by atoms with van der Waals surface area (Å²) in [6.07, 6.45) is -9.49. The van der Waals surface area contributed by atoms with Crippen molar-refractivity contribution >= 4 is 6.41 Å². The van der Waals surface area contributed by atoms with E-state index in [1.807, 2.05) is 0 Å². The van der Waals surface area contributed by atoms with Gasteiger partial charge in [0.15, 0.2) is 0 Å². The average molecular weight is 496 g/mol. The van der Waals surface area contributed by atoms with Crippen LogP contribution in [0.1, 0.15) is 49.9 Å². The molecule has 1 amide bonds. The Hall–Kier alpha value is -2.69. The highest BCUT2D eigenvalue weighted by atomic mass is 19.4. The van der Waals surface area contributed by atoms with Gasteiger partial charge in [-0.2, -0.15) is 26.3 Å². The third-order valence-corrected chi connectivity index (χ3v) is 5.14. The van der Waals surface area contributed by atoms with Crippen LogP contribution in [0.4, 0.5) is 35.1 Å². The van der Waals surface area contributed by atoms with Gasteiger partial charge in [-0.15, -0.1) is 0 Å². The summed E-state index contributed by atoms with van der Waals surface area (Å²) in [6.45, 7) is 6.30. The minimum atomic E-state index is -4.89. The van der Waals surface area contributed by atoms with Crippen LogP contribution in [0.25, 0.3) is 0 Å². The largest absolute Gasteiger partial charge is 0.419 e. The predicted molar refractivity (Wildman–Crippen MR) is 109 cm³/mol. The van der Waals surface area contributed by atoms with E-state index >= 15 is 0 Å². The van der Waals surface area contributed by atoms with Crippen LogP contribution in [0.15, 0.2) is 36.4 Å². The lowest BCUT2D eigenvalue weighted by Crippen LogP contribution is -2.60. The zero-order chi connectivity index (χ0) is 26.1. The number of amides is 1. The van der Waals surface area contributed by atoms with Crippen molar-refractivity contribution < 1.29 is 39.9 Å². The molecule has 11 heteroatoms. The average Bonchev–Trinajstić information content (AvgIpc) is 2.67. The number of rotatable bonds is 8. The lowest BCUT2D eigenvalue weighted by atomic mass is 9.91. The van der Waals surface area contributed by atoms with Crippen molar-refractivity contribution in [2.45, 2.75) is 64.0 Å². The van der Waals surface area contributed by atoms with Gasteiger partial charge in [0.1, 0.15) is 11.6 Å². The number of carbonyl (C=O) groups excluding carboxylic acids is 1. The highest BCUT2D eigenvalue weighted by Gasteiger charge is 2.37. The van der Waals surface area contributed by atoms with Crippen LogP contribution in [-0.2, 0) is 30.0 Å². The molecule has 0 spiro atoms. The fourth-order valence-electron chi connectivity index (χ4n) is 3.58. The number of alkyl halides is 6. The molecule has 34 heavy (non-hydrogen) atoms. The molecule has 0 fully saturated rings. The molecular weight excluding hydrogens is 472 g/mol. The smallest absolute Gasteiger partial charge is 0.277 e. The van der Waals surface area contributed by atoms with Gasteiger partial charge in [0.25, 0.3) is 0 Å². The normalized spacial score (nSPS) is 13.2. The van der Waals surface area contributed by atoms with Crippen molar-refractivity contribution in [3.8, 4) is 0 Å². The Morgan fingerprint density at radius 3 is 1.56 bits per heavy atom. The van der Waals surface area contributed by atoms with Gasteiger partial charge in [-0.3, -0.25) is 9.80 Å². The number of carbonyl (C=O) groups is 1. The summed E-state index contributed by atoms with van der Waals surface area (Å²) in [5, 5.41) is 1.10. The SMILES string of the molecule is CC(C)(Cc1ccc(F)c(C(F)(F)F)c1)NN(C=O)C(C)(C)Cc1ccc(F)c(C(F)(F)F)c1. The van der Waals surface area contributed by atoms with Gasteiger partial charge in [-0.05, 0) is 75.9 Å². The van der Waals surface area contributed by atoms with Crippen molar-refractivity contribution in [3.05, 3.63) is 70.3 Å². The minimum absolute atomic E-state index is 0.0362. The van der Waals surface area contributed by atoms with E-state index in [-0.39, 0.29) is 24.0 Å². The van der Waals surface area contributed by atoms with Crippen molar-refractivity contribution in [1.29, 1.82) is 0 Å². The van der Waals surface area contributed by atoms with Crippen LogP contribution < -0.4 is 5.43 Å². The van der Waals surface area contributed by atoms with E-state index in [0.717, 1.165) is 5.01 Å². The molecule has 3 nitrogen and oxygen atoms in total. The van der Waals surface area contributed by atoms with Crippen molar-refractivity contribution in [2.24, 2.45) is 0 Å². The van der Waals surface area contributed by atoms with E-state index in [2.05, 4.69) is 5.43 Å². The standard InChI is InChI=1S/C23H24F8N2O/c1-20(2,11-14-5-7-18(24)16(9-14)22(26,27)28)32-33(13-34)21(3,4)12-15-6-8-19(25)17(10-15)23(29,30)31/h5-10,13,32H,11-12H2,1-4H3. The third kappa shape index (κ3) is 6.91. The molecule has 0 bridgehead atoms. The monoisotopic (exact) mass is 496 g/mol. The molecule has 0 aromatic heterocycles. The van der Waals surface area contributed by atoms with Gasteiger partial charge in [-0.1, -0.05) is 12.1 Å². The number of nitrogens with zero attached hydrogens (tertiary/aromatic N) is 1. The Morgan fingerprint density at radius 2 is 1.18 bits per heavy atom. The first-order valence-electron chi connectivity index (χ1n) is 10.1. The van der Waals surface area contributed by atoms with E-state index in [1.165, 1.54) is 12.1 Å². The van der Waals surface area contributed by atoms with Crippen molar-refractivity contribution in [1.82, 2.24) is 10.4 Å². The lowest BCUT2D eigenvalue weighted by molar-refractivity contribution is -0.141. The van der Waals surface area contributed by atoms with Crippen molar-refractivity contribution in [2.75, 3.05) is 0 Å². The number of benzene rings is 2. The molecule has 1 N–H and O–H groups in total. The van der Waals surface area contributed by atoms with Gasteiger partial charge in [-0.25, -0.2) is 14.2 Å². The molecular formula is C23H24F8N2O. The Kier molecular flexibility index (Phi) is 7.71. The molecule has 2 rings (SSSR count). The fraction of sp³-hybridized carbons (Fsp3) is 0.435. The van der Waals surface area contributed by atoms with Crippen LogP contribution in [-0.4, -0.2) is 22.5 Å². The molecule has 0 aliphatic rings. The zero-order valence-electron chi connectivity index (χ0n) is 18.8. The maximum absolute atomic E-state index is 13.6. The van der Waals surface area contributed by atoms with Gasteiger partial charge in [0.2, 0.25) is 6.41 Å². The Morgan fingerprint density at radius 1 is 0.765 bits per heavy atom. The van der Waals surface area contributed by atoms with Crippen LogP contribution in [0, 0.1) is 11.6 Å². The first-order valence-corrected chi connectivity index (χ1v) is 10.1. The second-order valence-electron chi connectivity index (χ2n) is 9.26. The predicted octanol–water partition coefficient (Wildman–Crippen LogP) is 6.31. The first kappa shape index (κ1) is 27.6. The van der Waals surface area contributed by atoms with E-state index < -0.39 is 46.2 Å². The molecule has 2 aromatic carbocycles. The number of halogens is 8. The number of hydrazine groups is 1. The second kappa shape index (κ2) is 9.52. The molecule has 2 aromatic rings. The molecule has 0 saturated carbocycles. The van der Waals surface area contributed by atoms with E-state index in [1.54, 1.807) is 27.7 Å². The first-order chi connectivity index (χ1) is 15.4. The highest BCUT2D eigenvalue weighted by molar-refractivity contribution is 5.48. The number of hydrogen-bond donors (Lipinski definition) is 1. The molecule has 0 radical (unpaired) electrons. The maximum atomic E-state index is 13.6. The fourth-order valence-corrected chi connectivity index (χ4v) is 3.58. The minimum Gasteiger partial charge on any atom is -0.277 e. The van der Waals surface area contributed by atoms with Crippen LogP contribution in [0.3, 0.4) is 0 Å². The molecule has 0 aliphatic heterocycles. The van der Waals surface area contributed by atoms with E-state index in [4.69, 9.17) is 0 Å². The van der Waals surface area contributed by atoms with Gasteiger partial charge >= 0.3 is 12.4 Å². The second-order valence-corrected chi connectivity index (χ2v) is 9.26. The summed E-state index contributed by atoms with van der Waals surface area (Å²) in [6, 6.07) is 5.14. The molecule has 0 saturated heterocycles. The third-order valence-electron chi connectivity index (χ3n) is 5.14. The van der Waals surface area contributed by atoms with E-state index in [0.29, 0.717) is 30.7 Å². The summed E-state index contributed by atoms with van der Waals surface area (Å²) in [5.74, 6) is -2.83. The Balaban J connectivity index is 2.23. The number of nitrogens with one attached hydrogen (secondary N) is 1. The summed E-state index contributed by atoms with van der Waals surface area (Å²) in [4.78, 5) is 11.8. The van der Waals surface area contributed by atoms with Gasteiger partial charge in [0, 0.05) is 5.54 Å². The summed E-state index contributed by atoms with van der Waals surface area (Å²) in [5.41, 5.74) is -1.81. The quantitative estimate of drug-likeness (QED) is 0.264. The molecule has 0 aliphatic carbocycles. The summed E-state index contributed by atoms with van der Waals surface area (Å²) < 4.78 is 105.